The third-order valence-corrected chi connectivity index (χ3v) is 5.94. The van der Waals surface area contributed by atoms with Crippen LogP contribution in [-0.2, 0) is 20.7 Å². The molecule has 0 N–H and O–H groups in total. The highest BCUT2D eigenvalue weighted by molar-refractivity contribution is 5.88. The Morgan fingerprint density at radius 2 is 1.65 bits per heavy atom. The van der Waals surface area contributed by atoms with E-state index in [1.54, 1.807) is 4.90 Å². The van der Waals surface area contributed by atoms with Crippen molar-refractivity contribution in [1.82, 2.24) is 9.80 Å². The molecule has 2 atom stereocenters. The molecule has 31 heavy (non-hydrogen) atoms. The van der Waals surface area contributed by atoms with Crippen molar-refractivity contribution in [2.24, 2.45) is 0 Å². The van der Waals surface area contributed by atoms with Crippen LogP contribution in [0, 0.1) is 0 Å². The number of benzene rings is 2. The number of amides is 2. The second kappa shape index (κ2) is 10.4. The summed E-state index contributed by atoms with van der Waals surface area (Å²) in [6.45, 7) is 2.70. The fraction of sp³-hybridized carbons (Fsp3) is 0.440. The summed E-state index contributed by atoms with van der Waals surface area (Å²) in [7, 11) is 0. The third-order valence-electron chi connectivity index (χ3n) is 5.94. The van der Waals surface area contributed by atoms with Crippen LogP contribution in [0.2, 0.25) is 0 Å². The predicted molar refractivity (Wildman–Crippen MR) is 118 cm³/mol. The molecule has 0 unspecified atom stereocenters. The van der Waals surface area contributed by atoms with Crippen LogP contribution in [0.4, 0.5) is 0 Å². The normalized spacial score (nSPS) is 21.2. The van der Waals surface area contributed by atoms with Gasteiger partial charge in [-0.05, 0) is 30.5 Å². The first kappa shape index (κ1) is 21.4. The molecule has 4 rings (SSSR count). The quantitative estimate of drug-likeness (QED) is 0.689. The Morgan fingerprint density at radius 1 is 0.968 bits per heavy atom. The van der Waals surface area contributed by atoms with Crippen molar-refractivity contribution in [3.05, 3.63) is 66.2 Å². The van der Waals surface area contributed by atoms with Crippen LogP contribution in [0.25, 0.3) is 0 Å². The van der Waals surface area contributed by atoms with E-state index in [1.165, 1.54) is 5.56 Å². The maximum Gasteiger partial charge on any atom is 0.245 e. The van der Waals surface area contributed by atoms with Crippen LogP contribution in [0.5, 0.6) is 5.75 Å². The molecule has 2 saturated heterocycles. The van der Waals surface area contributed by atoms with E-state index >= 15 is 0 Å². The maximum atomic E-state index is 13.2. The lowest BCUT2D eigenvalue weighted by Gasteiger charge is -2.32. The van der Waals surface area contributed by atoms with Gasteiger partial charge in [0, 0.05) is 25.9 Å². The zero-order chi connectivity index (χ0) is 21.5. The topological polar surface area (TPSA) is 59.1 Å². The van der Waals surface area contributed by atoms with Crippen molar-refractivity contribution in [2.75, 3.05) is 32.8 Å². The number of nitrogens with zero attached hydrogens (tertiary/aromatic N) is 2. The van der Waals surface area contributed by atoms with Crippen molar-refractivity contribution in [3.63, 3.8) is 0 Å². The molecule has 0 aromatic heterocycles. The number of rotatable bonds is 7. The van der Waals surface area contributed by atoms with E-state index in [2.05, 4.69) is 12.1 Å². The molecule has 2 aromatic carbocycles. The van der Waals surface area contributed by atoms with E-state index in [9.17, 15) is 9.59 Å². The Morgan fingerprint density at radius 3 is 2.35 bits per heavy atom. The molecule has 0 radical (unpaired) electrons. The van der Waals surface area contributed by atoms with Gasteiger partial charge in [0.25, 0.3) is 0 Å². The molecule has 6 nitrogen and oxygen atoms in total. The lowest BCUT2D eigenvalue weighted by Crippen LogP contribution is -2.51. The summed E-state index contributed by atoms with van der Waals surface area (Å²) in [6.07, 6.45) is 2.39. The highest BCUT2D eigenvalue weighted by Gasteiger charge is 2.42. The van der Waals surface area contributed by atoms with Gasteiger partial charge in [-0.2, -0.15) is 0 Å². The van der Waals surface area contributed by atoms with Crippen LogP contribution >= 0.6 is 0 Å². The van der Waals surface area contributed by atoms with Gasteiger partial charge in [0.2, 0.25) is 11.8 Å². The van der Waals surface area contributed by atoms with Crippen LogP contribution in [0.1, 0.15) is 24.8 Å². The van der Waals surface area contributed by atoms with E-state index in [0.717, 1.165) is 18.6 Å². The molecule has 0 spiro atoms. The summed E-state index contributed by atoms with van der Waals surface area (Å²) >= 11 is 0. The number of morpholine rings is 1. The van der Waals surface area contributed by atoms with Crippen LogP contribution in [0.15, 0.2) is 60.7 Å². The van der Waals surface area contributed by atoms with Gasteiger partial charge < -0.3 is 19.3 Å². The lowest BCUT2D eigenvalue weighted by atomic mass is 10.1. The minimum atomic E-state index is -0.462. The summed E-state index contributed by atoms with van der Waals surface area (Å²) in [5.41, 5.74) is 1.22. The van der Waals surface area contributed by atoms with E-state index in [-0.39, 0.29) is 17.9 Å². The van der Waals surface area contributed by atoms with Gasteiger partial charge in [0.05, 0.1) is 19.8 Å². The zero-order valence-electron chi connectivity index (χ0n) is 17.8. The Balaban J connectivity index is 1.40. The summed E-state index contributed by atoms with van der Waals surface area (Å²) in [4.78, 5) is 29.9. The zero-order valence-corrected chi connectivity index (χ0v) is 17.8. The summed E-state index contributed by atoms with van der Waals surface area (Å²) in [6, 6.07) is 19.3. The lowest BCUT2D eigenvalue weighted by molar-refractivity contribution is -0.146. The van der Waals surface area contributed by atoms with Gasteiger partial charge in [-0.1, -0.05) is 48.5 Å². The maximum absolute atomic E-state index is 13.2. The first-order valence-corrected chi connectivity index (χ1v) is 11.1. The van der Waals surface area contributed by atoms with Gasteiger partial charge in [0.1, 0.15) is 17.9 Å². The molecule has 0 saturated carbocycles. The predicted octanol–water partition coefficient (Wildman–Crippen LogP) is 2.92. The number of hydrogen-bond donors (Lipinski definition) is 0. The largest absolute Gasteiger partial charge is 0.488 e. The molecule has 2 aromatic rings. The van der Waals surface area contributed by atoms with Gasteiger partial charge in [-0.3, -0.25) is 9.59 Å². The molecule has 164 valence electrons. The smallest absolute Gasteiger partial charge is 0.245 e. The van der Waals surface area contributed by atoms with Crippen molar-refractivity contribution in [2.45, 2.75) is 37.8 Å². The van der Waals surface area contributed by atoms with Crippen molar-refractivity contribution >= 4 is 11.8 Å². The summed E-state index contributed by atoms with van der Waals surface area (Å²) in [5, 5.41) is 0. The Kier molecular flexibility index (Phi) is 7.20. The van der Waals surface area contributed by atoms with E-state index in [1.807, 2.05) is 53.4 Å². The molecule has 2 fully saturated rings. The van der Waals surface area contributed by atoms with Crippen molar-refractivity contribution in [1.29, 1.82) is 0 Å². The van der Waals surface area contributed by atoms with E-state index < -0.39 is 6.04 Å². The second-order valence-corrected chi connectivity index (χ2v) is 8.13. The van der Waals surface area contributed by atoms with Gasteiger partial charge in [-0.15, -0.1) is 0 Å². The first-order chi connectivity index (χ1) is 15.2. The Bertz CT molecular complexity index is 852. The van der Waals surface area contributed by atoms with Crippen molar-refractivity contribution < 1.29 is 19.1 Å². The minimum absolute atomic E-state index is 0.0128. The first-order valence-electron chi connectivity index (χ1n) is 11.1. The molecule has 0 bridgehead atoms. The number of para-hydroxylation sites is 1. The van der Waals surface area contributed by atoms with Crippen LogP contribution in [0.3, 0.4) is 0 Å². The number of hydrogen-bond acceptors (Lipinski definition) is 4. The van der Waals surface area contributed by atoms with Crippen LogP contribution in [-0.4, -0.2) is 66.6 Å². The van der Waals surface area contributed by atoms with Crippen molar-refractivity contribution in [3.8, 4) is 5.75 Å². The average molecular weight is 423 g/mol. The average Bonchev–Trinajstić information content (AvgIpc) is 3.24. The molecule has 2 aliphatic rings. The SMILES string of the molecule is O=C([C@H]1C[C@H](Oc2ccccc2)CN1C(=O)CCCc1ccccc1)N1CCOCC1. The number of carbonyl (C=O) groups excluding carboxylic acids is 2. The molecule has 0 aliphatic carbocycles. The monoisotopic (exact) mass is 422 g/mol. The number of carbonyl (C=O) groups is 2. The Hall–Kier alpha value is -2.86. The molecular formula is C25H30N2O4. The Labute approximate surface area is 183 Å². The standard InChI is InChI=1S/C25H30N2O4/c28-24(13-7-10-20-8-3-1-4-9-20)27-19-22(31-21-11-5-2-6-12-21)18-23(27)25(29)26-14-16-30-17-15-26/h1-6,8-9,11-12,22-23H,7,10,13-19H2/t22-,23+/m0/s1. The molecular weight excluding hydrogens is 392 g/mol. The van der Waals surface area contributed by atoms with Gasteiger partial charge in [0.15, 0.2) is 0 Å². The number of likely N-dealkylation sites (tertiary alicyclic amines) is 1. The van der Waals surface area contributed by atoms with Gasteiger partial charge in [-0.25, -0.2) is 0 Å². The fourth-order valence-electron chi connectivity index (χ4n) is 4.31. The highest BCUT2D eigenvalue weighted by Crippen LogP contribution is 2.26. The van der Waals surface area contributed by atoms with Crippen LogP contribution < -0.4 is 4.74 Å². The van der Waals surface area contributed by atoms with E-state index in [4.69, 9.17) is 9.47 Å². The molecule has 2 heterocycles. The summed E-state index contributed by atoms with van der Waals surface area (Å²) < 4.78 is 11.5. The third kappa shape index (κ3) is 5.64. The molecule has 6 heteroatoms. The van der Waals surface area contributed by atoms with Gasteiger partial charge >= 0.3 is 0 Å². The number of aryl methyl sites for hydroxylation is 1. The van der Waals surface area contributed by atoms with E-state index in [0.29, 0.717) is 45.7 Å². The second-order valence-electron chi connectivity index (χ2n) is 8.13. The number of ether oxygens (including phenoxy) is 2. The minimum Gasteiger partial charge on any atom is -0.488 e. The molecule has 2 amide bonds. The fourth-order valence-corrected chi connectivity index (χ4v) is 4.31. The highest BCUT2D eigenvalue weighted by atomic mass is 16.5. The summed E-state index contributed by atoms with van der Waals surface area (Å²) in [5.74, 6) is 0.809. The molecule has 2 aliphatic heterocycles.